The molecule has 4 rings (SSSR count). The molecule has 0 spiro atoms. The van der Waals surface area contributed by atoms with Gasteiger partial charge < -0.3 is 4.40 Å². The molecule has 1 aliphatic heterocycles. The molecule has 0 aromatic carbocycles. The summed E-state index contributed by atoms with van der Waals surface area (Å²) in [6, 6.07) is 9.85. The SMILES string of the molecule is CC(C)(C)c1ccc(=O)n(CC2CCCN2Cc2cn3ccccc3n2)n1. The van der Waals surface area contributed by atoms with Gasteiger partial charge in [-0.2, -0.15) is 5.10 Å². The standard InChI is InChI=1S/C21H27N5O/c1-21(2,3)18-9-10-20(27)26(23-18)15-17-7-6-12-24(17)13-16-14-25-11-5-4-8-19(25)22-16/h4-5,8-11,14,17H,6-7,12-13,15H2,1-3H3. The molecule has 142 valence electrons. The molecule has 3 aromatic heterocycles. The Morgan fingerprint density at radius 2 is 2.04 bits per heavy atom. The zero-order valence-corrected chi connectivity index (χ0v) is 16.3. The first-order valence-electron chi connectivity index (χ1n) is 9.65. The van der Waals surface area contributed by atoms with Crippen LogP contribution in [0, 0.1) is 0 Å². The first kappa shape index (κ1) is 17.9. The molecule has 1 fully saturated rings. The van der Waals surface area contributed by atoms with Crippen LogP contribution >= 0.6 is 0 Å². The summed E-state index contributed by atoms with van der Waals surface area (Å²) in [6.07, 6.45) is 6.34. The van der Waals surface area contributed by atoms with E-state index in [9.17, 15) is 4.79 Å². The van der Waals surface area contributed by atoms with E-state index < -0.39 is 0 Å². The minimum Gasteiger partial charge on any atom is -0.307 e. The summed E-state index contributed by atoms with van der Waals surface area (Å²) in [4.78, 5) is 19.5. The van der Waals surface area contributed by atoms with Crippen molar-refractivity contribution >= 4 is 5.65 Å². The van der Waals surface area contributed by atoms with Gasteiger partial charge in [-0.1, -0.05) is 26.8 Å². The van der Waals surface area contributed by atoms with E-state index in [0.29, 0.717) is 12.6 Å². The normalized spacial score (nSPS) is 18.4. The van der Waals surface area contributed by atoms with Crippen molar-refractivity contribution in [2.24, 2.45) is 0 Å². The zero-order valence-electron chi connectivity index (χ0n) is 16.3. The first-order valence-corrected chi connectivity index (χ1v) is 9.65. The second-order valence-electron chi connectivity index (χ2n) is 8.45. The number of fused-ring (bicyclic) bond motifs is 1. The minimum atomic E-state index is -0.0681. The van der Waals surface area contributed by atoms with Crippen LogP contribution in [0.3, 0.4) is 0 Å². The van der Waals surface area contributed by atoms with Crippen LogP contribution in [-0.2, 0) is 18.5 Å². The van der Waals surface area contributed by atoms with E-state index in [1.807, 2.05) is 30.5 Å². The van der Waals surface area contributed by atoms with Crippen LogP contribution in [0.15, 0.2) is 47.5 Å². The quantitative estimate of drug-likeness (QED) is 0.713. The van der Waals surface area contributed by atoms with Gasteiger partial charge in [0.25, 0.3) is 5.56 Å². The monoisotopic (exact) mass is 365 g/mol. The topological polar surface area (TPSA) is 55.4 Å². The highest BCUT2D eigenvalue weighted by molar-refractivity contribution is 5.39. The third-order valence-corrected chi connectivity index (χ3v) is 5.30. The smallest absolute Gasteiger partial charge is 0.266 e. The second kappa shape index (κ2) is 6.93. The molecule has 0 radical (unpaired) electrons. The molecule has 6 nitrogen and oxygen atoms in total. The third-order valence-electron chi connectivity index (χ3n) is 5.30. The number of rotatable bonds is 4. The largest absolute Gasteiger partial charge is 0.307 e. The number of hydrogen-bond acceptors (Lipinski definition) is 4. The molecule has 1 atom stereocenters. The van der Waals surface area contributed by atoms with Crippen LogP contribution in [0.4, 0.5) is 0 Å². The van der Waals surface area contributed by atoms with Crippen LogP contribution in [-0.4, -0.2) is 36.7 Å². The Kier molecular flexibility index (Phi) is 4.60. The van der Waals surface area contributed by atoms with E-state index in [1.165, 1.54) is 0 Å². The number of imidazole rings is 1. The molecule has 1 aliphatic rings. The van der Waals surface area contributed by atoms with Crippen LogP contribution in [0.1, 0.15) is 45.0 Å². The van der Waals surface area contributed by atoms with Gasteiger partial charge in [0.05, 0.1) is 17.9 Å². The molecular formula is C21H27N5O. The van der Waals surface area contributed by atoms with Crippen molar-refractivity contribution in [1.29, 1.82) is 0 Å². The fourth-order valence-corrected chi connectivity index (χ4v) is 3.76. The maximum absolute atomic E-state index is 12.3. The van der Waals surface area contributed by atoms with Gasteiger partial charge in [0.15, 0.2) is 0 Å². The van der Waals surface area contributed by atoms with Gasteiger partial charge in [-0.3, -0.25) is 9.69 Å². The molecule has 1 unspecified atom stereocenters. The summed E-state index contributed by atoms with van der Waals surface area (Å²) in [6.45, 7) is 8.84. The summed E-state index contributed by atoms with van der Waals surface area (Å²) in [5.74, 6) is 0. The summed E-state index contributed by atoms with van der Waals surface area (Å²) in [5.41, 5.74) is 2.90. The van der Waals surface area contributed by atoms with Crippen molar-refractivity contribution in [3.05, 3.63) is 64.5 Å². The summed E-state index contributed by atoms with van der Waals surface area (Å²) in [5, 5.41) is 4.64. The van der Waals surface area contributed by atoms with Crippen molar-refractivity contribution in [2.75, 3.05) is 6.54 Å². The molecule has 1 saturated heterocycles. The van der Waals surface area contributed by atoms with Crippen LogP contribution in [0.5, 0.6) is 0 Å². The lowest BCUT2D eigenvalue weighted by Crippen LogP contribution is -2.37. The Morgan fingerprint density at radius 1 is 1.19 bits per heavy atom. The third kappa shape index (κ3) is 3.81. The van der Waals surface area contributed by atoms with Gasteiger partial charge in [-0.25, -0.2) is 9.67 Å². The first-order chi connectivity index (χ1) is 12.9. The predicted octanol–water partition coefficient (Wildman–Crippen LogP) is 2.85. The summed E-state index contributed by atoms with van der Waals surface area (Å²) in [7, 11) is 0. The van der Waals surface area contributed by atoms with Crippen molar-refractivity contribution in [2.45, 2.75) is 58.2 Å². The van der Waals surface area contributed by atoms with Gasteiger partial charge >= 0.3 is 0 Å². The minimum absolute atomic E-state index is 0.0254. The predicted molar refractivity (Wildman–Crippen MR) is 106 cm³/mol. The Labute approximate surface area is 159 Å². The van der Waals surface area contributed by atoms with Gasteiger partial charge in [-0.05, 0) is 37.6 Å². The fraction of sp³-hybridized carbons (Fsp3) is 0.476. The average molecular weight is 365 g/mol. The van der Waals surface area contributed by atoms with Crippen LogP contribution in [0.2, 0.25) is 0 Å². The van der Waals surface area contributed by atoms with Crippen molar-refractivity contribution in [3.8, 4) is 0 Å². The molecule has 0 saturated carbocycles. The number of aromatic nitrogens is 4. The van der Waals surface area contributed by atoms with E-state index in [4.69, 9.17) is 4.98 Å². The zero-order chi connectivity index (χ0) is 19.0. The molecule has 3 aromatic rings. The van der Waals surface area contributed by atoms with E-state index in [-0.39, 0.29) is 11.0 Å². The fourth-order valence-electron chi connectivity index (χ4n) is 3.76. The molecule has 0 N–H and O–H groups in total. The maximum Gasteiger partial charge on any atom is 0.266 e. The Morgan fingerprint density at radius 3 is 2.81 bits per heavy atom. The van der Waals surface area contributed by atoms with E-state index in [2.05, 4.69) is 41.4 Å². The van der Waals surface area contributed by atoms with E-state index in [1.54, 1.807) is 10.7 Å². The number of pyridine rings is 1. The van der Waals surface area contributed by atoms with Crippen molar-refractivity contribution < 1.29 is 0 Å². The van der Waals surface area contributed by atoms with Crippen molar-refractivity contribution in [1.82, 2.24) is 24.1 Å². The van der Waals surface area contributed by atoms with Crippen molar-refractivity contribution in [3.63, 3.8) is 0 Å². The number of likely N-dealkylation sites (tertiary alicyclic amines) is 1. The highest BCUT2D eigenvalue weighted by atomic mass is 16.1. The maximum atomic E-state index is 12.3. The lowest BCUT2D eigenvalue weighted by Gasteiger charge is -2.25. The Bertz CT molecular complexity index is 964. The number of nitrogens with zero attached hydrogens (tertiary/aromatic N) is 5. The molecule has 0 amide bonds. The summed E-state index contributed by atoms with van der Waals surface area (Å²) >= 11 is 0. The molecule has 6 heteroatoms. The van der Waals surface area contributed by atoms with Crippen LogP contribution < -0.4 is 5.56 Å². The van der Waals surface area contributed by atoms with E-state index in [0.717, 1.165) is 43.0 Å². The Balaban J connectivity index is 1.53. The van der Waals surface area contributed by atoms with Gasteiger partial charge in [0, 0.05) is 36.5 Å². The van der Waals surface area contributed by atoms with Gasteiger partial charge in [0.1, 0.15) is 5.65 Å². The molecule has 4 heterocycles. The molecule has 27 heavy (non-hydrogen) atoms. The van der Waals surface area contributed by atoms with Gasteiger partial charge in [-0.15, -0.1) is 0 Å². The lowest BCUT2D eigenvalue weighted by molar-refractivity contribution is 0.213. The molecule has 0 aliphatic carbocycles. The average Bonchev–Trinajstić information content (AvgIpc) is 3.22. The Hall–Kier alpha value is -2.47. The second-order valence-corrected chi connectivity index (χ2v) is 8.45. The lowest BCUT2D eigenvalue weighted by atomic mass is 9.92. The van der Waals surface area contributed by atoms with E-state index >= 15 is 0 Å². The highest BCUT2D eigenvalue weighted by Crippen LogP contribution is 2.22. The number of hydrogen-bond donors (Lipinski definition) is 0. The molecule has 0 bridgehead atoms. The van der Waals surface area contributed by atoms with Crippen LogP contribution in [0.25, 0.3) is 5.65 Å². The highest BCUT2D eigenvalue weighted by Gasteiger charge is 2.27. The molecular weight excluding hydrogens is 338 g/mol. The van der Waals surface area contributed by atoms with Gasteiger partial charge in [0.2, 0.25) is 0 Å². The summed E-state index contributed by atoms with van der Waals surface area (Å²) < 4.78 is 3.70.